The second kappa shape index (κ2) is 6.89. The van der Waals surface area contributed by atoms with Crippen molar-refractivity contribution in [2.24, 2.45) is 0 Å². The molecule has 0 saturated carbocycles. The third-order valence-corrected chi connectivity index (χ3v) is 4.84. The summed E-state index contributed by atoms with van der Waals surface area (Å²) in [4.78, 5) is 13.6. The molecule has 0 fully saturated rings. The summed E-state index contributed by atoms with van der Waals surface area (Å²) in [6, 6.07) is 5.21. The van der Waals surface area contributed by atoms with Crippen LogP contribution in [0.5, 0.6) is 0 Å². The van der Waals surface area contributed by atoms with Crippen molar-refractivity contribution in [1.29, 1.82) is 0 Å². The van der Waals surface area contributed by atoms with E-state index >= 15 is 0 Å². The quantitative estimate of drug-likeness (QED) is 0.839. The number of hydrogen-bond acceptors (Lipinski definition) is 3. The predicted octanol–water partition coefficient (Wildman–Crippen LogP) is 2.01. The van der Waals surface area contributed by atoms with Gasteiger partial charge in [0, 0.05) is 36.4 Å². The number of amides is 1. The van der Waals surface area contributed by atoms with Crippen molar-refractivity contribution in [2.45, 2.75) is 17.7 Å². The smallest absolute Gasteiger partial charge is 0.222 e. The molecule has 0 heterocycles. The van der Waals surface area contributed by atoms with Gasteiger partial charge in [0.2, 0.25) is 5.91 Å². The van der Waals surface area contributed by atoms with E-state index in [0.717, 1.165) is 9.37 Å². The predicted molar refractivity (Wildman–Crippen MR) is 77.8 cm³/mol. The molecule has 1 amide bonds. The van der Waals surface area contributed by atoms with Crippen LogP contribution in [0.4, 0.5) is 5.69 Å². The molecule has 0 aliphatic heterocycles. The van der Waals surface area contributed by atoms with Crippen LogP contribution in [-0.4, -0.2) is 34.9 Å². The number of carbonyl (C=O) groups is 1. The standard InChI is InChI=1S/C12H17BrN2O2S/c1-15(2)12(16)4-3-7-18(17)11-6-5-9(14)8-10(11)13/h5-6,8H,3-4,7,14H2,1-2H3. The van der Waals surface area contributed by atoms with Gasteiger partial charge in [0.05, 0.1) is 15.7 Å². The molecule has 1 unspecified atom stereocenters. The lowest BCUT2D eigenvalue weighted by Crippen LogP contribution is -2.21. The zero-order valence-electron chi connectivity index (χ0n) is 10.5. The van der Waals surface area contributed by atoms with Crippen LogP contribution in [0.3, 0.4) is 0 Å². The average molecular weight is 333 g/mol. The highest BCUT2D eigenvalue weighted by molar-refractivity contribution is 9.10. The van der Waals surface area contributed by atoms with Crippen molar-refractivity contribution in [3.05, 3.63) is 22.7 Å². The van der Waals surface area contributed by atoms with Gasteiger partial charge in [0.1, 0.15) is 0 Å². The number of anilines is 1. The summed E-state index contributed by atoms with van der Waals surface area (Å²) < 4.78 is 12.8. The van der Waals surface area contributed by atoms with E-state index in [2.05, 4.69) is 15.9 Å². The van der Waals surface area contributed by atoms with Crippen LogP contribution in [-0.2, 0) is 15.6 Å². The number of carbonyl (C=O) groups excluding carboxylic acids is 1. The van der Waals surface area contributed by atoms with Gasteiger partial charge in [-0.2, -0.15) is 0 Å². The highest BCUT2D eigenvalue weighted by atomic mass is 79.9. The summed E-state index contributed by atoms with van der Waals surface area (Å²) in [6.45, 7) is 0. The first-order valence-corrected chi connectivity index (χ1v) is 7.66. The first-order valence-electron chi connectivity index (χ1n) is 5.55. The molecule has 6 heteroatoms. The maximum atomic E-state index is 12.0. The molecule has 0 aliphatic rings. The third kappa shape index (κ3) is 4.42. The van der Waals surface area contributed by atoms with Crippen LogP contribution >= 0.6 is 15.9 Å². The molecule has 2 N–H and O–H groups in total. The maximum Gasteiger partial charge on any atom is 0.222 e. The Bertz CT molecular complexity index is 463. The highest BCUT2D eigenvalue weighted by Gasteiger charge is 2.10. The summed E-state index contributed by atoms with van der Waals surface area (Å²) >= 11 is 3.34. The van der Waals surface area contributed by atoms with E-state index < -0.39 is 10.8 Å². The van der Waals surface area contributed by atoms with Crippen molar-refractivity contribution in [3.8, 4) is 0 Å². The van der Waals surface area contributed by atoms with Gasteiger partial charge in [-0.15, -0.1) is 0 Å². The van der Waals surface area contributed by atoms with E-state index in [1.807, 2.05) is 0 Å². The van der Waals surface area contributed by atoms with Crippen molar-refractivity contribution in [3.63, 3.8) is 0 Å². The fraction of sp³-hybridized carbons (Fsp3) is 0.417. The topological polar surface area (TPSA) is 63.4 Å². The summed E-state index contributed by atoms with van der Waals surface area (Å²) in [6.07, 6.45) is 1.03. The number of benzene rings is 1. The number of hydrogen-bond donors (Lipinski definition) is 1. The SMILES string of the molecule is CN(C)C(=O)CCCS(=O)c1ccc(N)cc1Br. The number of halogens is 1. The van der Waals surface area contributed by atoms with E-state index in [4.69, 9.17) is 5.73 Å². The van der Waals surface area contributed by atoms with E-state index in [-0.39, 0.29) is 5.91 Å². The highest BCUT2D eigenvalue weighted by Crippen LogP contribution is 2.23. The van der Waals surface area contributed by atoms with Crippen molar-refractivity contribution in [2.75, 3.05) is 25.6 Å². The monoisotopic (exact) mass is 332 g/mol. The Balaban J connectivity index is 2.53. The van der Waals surface area contributed by atoms with E-state index in [9.17, 15) is 9.00 Å². The Morgan fingerprint density at radius 1 is 1.44 bits per heavy atom. The second-order valence-electron chi connectivity index (χ2n) is 4.13. The molecule has 0 radical (unpaired) electrons. The summed E-state index contributed by atoms with van der Waals surface area (Å²) in [5.74, 6) is 0.533. The van der Waals surface area contributed by atoms with E-state index in [1.165, 1.54) is 0 Å². The molecule has 0 saturated heterocycles. The van der Waals surface area contributed by atoms with Crippen LogP contribution in [0.15, 0.2) is 27.6 Å². The van der Waals surface area contributed by atoms with Crippen LogP contribution < -0.4 is 5.73 Å². The first kappa shape index (κ1) is 15.2. The molecular formula is C12H17BrN2O2S. The van der Waals surface area contributed by atoms with Crippen LogP contribution in [0.25, 0.3) is 0 Å². The van der Waals surface area contributed by atoms with Crippen molar-refractivity contribution < 1.29 is 9.00 Å². The van der Waals surface area contributed by atoms with Gasteiger partial charge in [0.25, 0.3) is 0 Å². The molecule has 0 spiro atoms. The molecule has 4 nitrogen and oxygen atoms in total. The minimum absolute atomic E-state index is 0.0587. The van der Waals surface area contributed by atoms with Crippen molar-refractivity contribution >= 4 is 38.3 Å². The zero-order valence-corrected chi connectivity index (χ0v) is 12.9. The lowest BCUT2D eigenvalue weighted by molar-refractivity contribution is -0.128. The Morgan fingerprint density at radius 3 is 2.67 bits per heavy atom. The third-order valence-electron chi connectivity index (χ3n) is 2.42. The van der Waals surface area contributed by atoms with Crippen molar-refractivity contribution in [1.82, 2.24) is 4.90 Å². The van der Waals surface area contributed by atoms with Gasteiger partial charge >= 0.3 is 0 Å². The minimum atomic E-state index is -1.11. The summed E-state index contributed by atoms with van der Waals surface area (Å²) in [5.41, 5.74) is 6.25. The first-order chi connectivity index (χ1) is 8.41. The molecular weight excluding hydrogens is 316 g/mol. The number of rotatable bonds is 5. The Labute approximate surface area is 118 Å². The molecule has 18 heavy (non-hydrogen) atoms. The number of nitrogens with two attached hydrogens (primary N) is 1. The summed E-state index contributed by atoms with van der Waals surface area (Å²) in [7, 11) is 2.33. The van der Waals surface area contributed by atoms with Gasteiger partial charge in [-0.05, 0) is 40.5 Å². The van der Waals surface area contributed by atoms with Gasteiger partial charge in [0.15, 0.2) is 0 Å². The Morgan fingerprint density at radius 2 is 2.11 bits per heavy atom. The van der Waals surface area contributed by atoms with Gasteiger partial charge in [-0.3, -0.25) is 9.00 Å². The number of nitrogens with zero attached hydrogens (tertiary/aromatic N) is 1. The van der Waals surface area contributed by atoms with E-state index in [0.29, 0.717) is 24.3 Å². The number of nitrogen functional groups attached to an aromatic ring is 1. The molecule has 0 aliphatic carbocycles. The fourth-order valence-electron chi connectivity index (χ4n) is 1.39. The fourth-order valence-corrected chi connectivity index (χ4v) is 3.45. The molecule has 1 aromatic carbocycles. The van der Waals surface area contributed by atoms with Crippen LogP contribution in [0.2, 0.25) is 0 Å². The maximum absolute atomic E-state index is 12.0. The van der Waals surface area contributed by atoms with Crippen LogP contribution in [0.1, 0.15) is 12.8 Å². The molecule has 0 aromatic heterocycles. The van der Waals surface area contributed by atoms with Gasteiger partial charge in [-0.25, -0.2) is 0 Å². The zero-order chi connectivity index (χ0) is 13.7. The van der Waals surface area contributed by atoms with Crippen LogP contribution in [0, 0.1) is 0 Å². The molecule has 0 bridgehead atoms. The molecule has 100 valence electrons. The minimum Gasteiger partial charge on any atom is -0.399 e. The molecule has 1 aromatic rings. The molecule has 1 rings (SSSR count). The Hall–Kier alpha value is -0.880. The summed E-state index contributed by atoms with van der Waals surface area (Å²) in [5, 5.41) is 0. The second-order valence-corrected chi connectivity index (χ2v) is 6.52. The molecule has 1 atom stereocenters. The largest absolute Gasteiger partial charge is 0.399 e. The lowest BCUT2D eigenvalue weighted by Gasteiger charge is -2.10. The Kier molecular flexibility index (Phi) is 5.81. The van der Waals surface area contributed by atoms with Gasteiger partial charge < -0.3 is 10.6 Å². The van der Waals surface area contributed by atoms with E-state index in [1.54, 1.807) is 37.2 Å². The van der Waals surface area contributed by atoms with Gasteiger partial charge in [-0.1, -0.05) is 0 Å². The normalized spacial score (nSPS) is 12.2. The lowest BCUT2D eigenvalue weighted by atomic mass is 10.3. The average Bonchev–Trinajstić information content (AvgIpc) is 2.28.